The van der Waals surface area contributed by atoms with Crippen LogP contribution in [0.1, 0.15) is 5.56 Å². The molecule has 0 aliphatic rings. The highest BCUT2D eigenvalue weighted by molar-refractivity contribution is 6.29. The predicted molar refractivity (Wildman–Crippen MR) is 66.9 cm³/mol. The second-order valence-corrected chi connectivity index (χ2v) is 4.22. The summed E-state index contributed by atoms with van der Waals surface area (Å²) >= 11 is 5.97. The van der Waals surface area contributed by atoms with Gasteiger partial charge in [-0.25, -0.2) is 0 Å². The van der Waals surface area contributed by atoms with Crippen molar-refractivity contribution in [2.45, 2.75) is 6.92 Å². The fraction of sp³-hybridized carbons (Fsp3) is 0.154. The summed E-state index contributed by atoms with van der Waals surface area (Å²) in [7, 11) is 1.66. The Labute approximate surface area is 99.1 Å². The van der Waals surface area contributed by atoms with E-state index in [4.69, 9.17) is 11.6 Å². The second-order valence-electron chi connectivity index (χ2n) is 3.83. The Balaban J connectivity index is 2.61. The summed E-state index contributed by atoms with van der Waals surface area (Å²) in [6, 6.07) is 11.4. The lowest BCUT2D eigenvalue weighted by Crippen LogP contribution is -2.15. The van der Waals surface area contributed by atoms with E-state index < -0.39 is 0 Å². The van der Waals surface area contributed by atoms with Gasteiger partial charge < -0.3 is 4.57 Å². The molecule has 0 unspecified atom stereocenters. The molecule has 0 aliphatic heterocycles. The number of aromatic nitrogens is 1. The van der Waals surface area contributed by atoms with Gasteiger partial charge in [0.15, 0.2) is 0 Å². The van der Waals surface area contributed by atoms with E-state index in [-0.39, 0.29) is 5.56 Å². The van der Waals surface area contributed by atoms with E-state index >= 15 is 0 Å². The highest BCUT2D eigenvalue weighted by Crippen LogP contribution is 2.21. The van der Waals surface area contributed by atoms with Crippen LogP contribution in [0.4, 0.5) is 0 Å². The largest absolute Gasteiger partial charge is 0.302 e. The molecule has 0 amide bonds. The number of rotatable bonds is 1. The first-order valence-electron chi connectivity index (χ1n) is 5.01. The first-order valence-corrected chi connectivity index (χ1v) is 5.39. The SMILES string of the molecule is Cc1cccc(-c2cc(Cl)n(C)c(=O)c2)c1. The van der Waals surface area contributed by atoms with Gasteiger partial charge in [-0.2, -0.15) is 0 Å². The first-order chi connectivity index (χ1) is 7.58. The Hall–Kier alpha value is -1.54. The van der Waals surface area contributed by atoms with Gasteiger partial charge in [0.05, 0.1) is 0 Å². The zero-order valence-corrected chi connectivity index (χ0v) is 9.95. The Morgan fingerprint density at radius 2 is 1.88 bits per heavy atom. The van der Waals surface area contributed by atoms with Crippen molar-refractivity contribution < 1.29 is 0 Å². The quantitative estimate of drug-likeness (QED) is 0.694. The van der Waals surface area contributed by atoms with Crippen LogP contribution in [-0.2, 0) is 7.05 Å². The molecule has 0 aliphatic carbocycles. The molecule has 2 rings (SSSR count). The zero-order chi connectivity index (χ0) is 11.7. The second kappa shape index (κ2) is 4.14. The minimum absolute atomic E-state index is 0.0935. The van der Waals surface area contributed by atoms with Gasteiger partial charge in [0.1, 0.15) is 5.15 Å². The molecule has 0 N–H and O–H groups in total. The standard InChI is InChI=1S/C13H12ClNO/c1-9-4-3-5-10(6-9)11-7-12(14)15(2)13(16)8-11/h3-8H,1-2H3. The molecule has 2 aromatic rings. The molecule has 16 heavy (non-hydrogen) atoms. The Bertz CT molecular complexity index is 587. The van der Waals surface area contributed by atoms with Crippen molar-refractivity contribution in [3.8, 4) is 11.1 Å². The number of hydrogen-bond donors (Lipinski definition) is 0. The van der Waals surface area contributed by atoms with Crippen LogP contribution in [0.15, 0.2) is 41.2 Å². The lowest BCUT2D eigenvalue weighted by molar-refractivity contribution is 0.862. The lowest BCUT2D eigenvalue weighted by Gasteiger charge is -2.06. The Kier molecular flexibility index (Phi) is 2.84. The molecule has 0 saturated carbocycles. The van der Waals surface area contributed by atoms with E-state index in [0.29, 0.717) is 5.15 Å². The number of hydrogen-bond acceptors (Lipinski definition) is 1. The molecule has 0 radical (unpaired) electrons. The van der Waals surface area contributed by atoms with Gasteiger partial charge in [-0.05, 0) is 24.1 Å². The van der Waals surface area contributed by atoms with Gasteiger partial charge in [-0.15, -0.1) is 0 Å². The molecule has 0 bridgehead atoms. The molecule has 1 aromatic carbocycles. The summed E-state index contributed by atoms with van der Waals surface area (Å²) in [6.07, 6.45) is 0. The van der Waals surface area contributed by atoms with E-state index in [9.17, 15) is 4.79 Å². The third-order valence-electron chi connectivity index (χ3n) is 2.56. The van der Waals surface area contributed by atoms with Crippen LogP contribution in [0.25, 0.3) is 11.1 Å². The number of pyridine rings is 1. The maximum atomic E-state index is 11.6. The van der Waals surface area contributed by atoms with Crippen LogP contribution in [0.5, 0.6) is 0 Å². The highest BCUT2D eigenvalue weighted by Gasteiger charge is 2.03. The lowest BCUT2D eigenvalue weighted by atomic mass is 10.1. The molecule has 1 heterocycles. The fourth-order valence-electron chi connectivity index (χ4n) is 1.59. The molecule has 1 aromatic heterocycles. The van der Waals surface area contributed by atoms with E-state index in [1.54, 1.807) is 19.2 Å². The molecule has 0 fully saturated rings. The molecular weight excluding hydrogens is 222 g/mol. The number of halogens is 1. The molecule has 2 nitrogen and oxygen atoms in total. The molecule has 0 saturated heterocycles. The summed E-state index contributed by atoms with van der Waals surface area (Å²) in [5.41, 5.74) is 2.94. The average Bonchev–Trinajstić information content (AvgIpc) is 2.25. The van der Waals surface area contributed by atoms with E-state index in [1.807, 2.05) is 31.2 Å². The monoisotopic (exact) mass is 233 g/mol. The predicted octanol–water partition coefficient (Wildman–Crippen LogP) is 3.01. The normalized spacial score (nSPS) is 10.4. The van der Waals surface area contributed by atoms with Gasteiger partial charge in [-0.3, -0.25) is 4.79 Å². The topological polar surface area (TPSA) is 22.0 Å². The summed E-state index contributed by atoms with van der Waals surface area (Å²) in [5, 5.41) is 0.448. The minimum atomic E-state index is -0.0935. The van der Waals surface area contributed by atoms with Gasteiger partial charge in [0.25, 0.3) is 5.56 Å². The summed E-state index contributed by atoms with van der Waals surface area (Å²) in [5.74, 6) is 0. The summed E-state index contributed by atoms with van der Waals surface area (Å²) in [6.45, 7) is 2.02. The maximum absolute atomic E-state index is 11.6. The van der Waals surface area contributed by atoms with Crippen molar-refractivity contribution >= 4 is 11.6 Å². The van der Waals surface area contributed by atoms with Crippen LogP contribution < -0.4 is 5.56 Å². The smallest absolute Gasteiger partial charge is 0.252 e. The van der Waals surface area contributed by atoms with Gasteiger partial charge in [0.2, 0.25) is 0 Å². The van der Waals surface area contributed by atoms with Gasteiger partial charge in [0, 0.05) is 13.1 Å². The van der Waals surface area contributed by atoms with E-state index in [2.05, 4.69) is 0 Å². The number of benzene rings is 1. The fourth-order valence-corrected chi connectivity index (χ4v) is 1.79. The van der Waals surface area contributed by atoms with Crippen molar-refractivity contribution in [3.63, 3.8) is 0 Å². The van der Waals surface area contributed by atoms with Crippen molar-refractivity contribution in [3.05, 3.63) is 57.5 Å². The van der Waals surface area contributed by atoms with Crippen molar-refractivity contribution in [2.24, 2.45) is 7.05 Å². The van der Waals surface area contributed by atoms with Crippen molar-refractivity contribution in [1.29, 1.82) is 0 Å². The molecule has 3 heteroatoms. The minimum Gasteiger partial charge on any atom is -0.302 e. The van der Waals surface area contributed by atoms with E-state index in [0.717, 1.165) is 16.7 Å². The Morgan fingerprint density at radius 1 is 1.12 bits per heavy atom. The van der Waals surface area contributed by atoms with Gasteiger partial charge in [-0.1, -0.05) is 41.4 Å². The van der Waals surface area contributed by atoms with Crippen LogP contribution >= 0.6 is 11.6 Å². The van der Waals surface area contributed by atoms with Crippen LogP contribution in [-0.4, -0.2) is 4.57 Å². The molecule has 82 valence electrons. The Morgan fingerprint density at radius 3 is 2.50 bits per heavy atom. The van der Waals surface area contributed by atoms with Crippen molar-refractivity contribution in [1.82, 2.24) is 4.57 Å². The zero-order valence-electron chi connectivity index (χ0n) is 9.20. The van der Waals surface area contributed by atoms with Crippen molar-refractivity contribution in [2.75, 3.05) is 0 Å². The summed E-state index contributed by atoms with van der Waals surface area (Å²) < 4.78 is 1.42. The maximum Gasteiger partial charge on any atom is 0.252 e. The van der Waals surface area contributed by atoms with Gasteiger partial charge >= 0.3 is 0 Å². The third-order valence-corrected chi connectivity index (χ3v) is 2.92. The number of aryl methyl sites for hydroxylation is 1. The third kappa shape index (κ3) is 2.02. The molecular formula is C13H12ClNO. The first kappa shape index (κ1) is 11.0. The van der Waals surface area contributed by atoms with Crippen LogP contribution in [0.3, 0.4) is 0 Å². The van der Waals surface area contributed by atoms with Crippen LogP contribution in [0.2, 0.25) is 5.15 Å². The number of nitrogens with zero attached hydrogens (tertiary/aromatic N) is 1. The average molecular weight is 234 g/mol. The summed E-state index contributed by atoms with van der Waals surface area (Å²) in [4.78, 5) is 11.6. The molecule has 0 spiro atoms. The van der Waals surface area contributed by atoms with Crippen LogP contribution in [0, 0.1) is 6.92 Å². The highest BCUT2D eigenvalue weighted by atomic mass is 35.5. The van der Waals surface area contributed by atoms with E-state index in [1.165, 1.54) is 4.57 Å². The molecule has 0 atom stereocenters.